The first-order valence-corrected chi connectivity index (χ1v) is 5.64. The van der Waals surface area contributed by atoms with Crippen LogP contribution in [0.15, 0.2) is 18.2 Å². The average molecular weight is 263 g/mol. The van der Waals surface area contributed by atoms with E-state index >= 15 is 0 Å². The first kappa shape index (κ1) is 13.9. The molecular weight excluding hydrogens is 250 g/mol. The van der Waals surface area contributed by atoms with Gasteiger partial charge in [-0.15, -0.1) is 0 Å². The highest BCUT2D eigenvalue weighted by molar-refractivity contribution is 6.31. The number of carbonyl (C=O) groups excluding carboxylic acids is 1. The van der Waals surface area contributed by atoms with E-state index in [0.29, 0.717) is 18.6 Å². The van der Waals surface area contributed by atoms with Gasteiger partial charge in [-0.25, -0.2) is 8.78 Å². The van der Waals surface area contributed by atoms with Crippen molar-refractivity contribution in [1.29, 1.82) is 0 Å². The van der Waals surface area contributed by atoms with Crippen molar-refractivity contribution in [2.24, 2.45) is 0 Å². The van der Waals surface area contributed by atoms with E-state index < -0.39 is 6.43 Å². The van der Waals surface area contributed by atoms with E-state index in [9.17, 15) is 13.6 Å². The number of halogens is 3. The molecule has 0 saturated heterocycles. The molecule has 0 unspecified atom stereocenters. The fraction of sp³-hybridized carbons (Fsp3) is 0.417. The lowest BCUT2D eigenvalue weighted by atomic mass is 10.1. The van der Waals surface area contributed by atoms with E-state index in [2.05, 4.69) is 0 Å². The molecule has 0 heterocycles. The summed E-state index contributed by atoms with van der Waals surface area (Å²) >= 11 is 5.85. The minimum Gasteiger partial charge on any atom is -0.466 e. The Kier molecular flexibility index (Phi) is 5.35. The Morgan fingerprint density at radius 2 is 2.18 bits per heavy atom. The quantitative estimate of drug-likeness (QED) is 0.755. The molecule has 1 rings (SSSR count). The predicted molar refractivity (Wildman–Crippen MR) is 61.4 cm³/mol. The van der Waals surface area contributed by atoms with Crippen LogP contribution in [0.25, 0.3) is 0 Å². The van der Waals surface area contributed by atoms with E-state index in [1.54, 1.807) is 6.92 Å². The molecule has 0 N–H and O–H groups in total. The monoisotopic (exact) mass is 262 g/mol. The normalized spacial score (nSPS) is 10.6. The smallest absolute Gasteiger partial charge is 0.306 e. The molecule has 0 aromatic heterocycles. The van der Waals surface area contributed by atoms with Gasteiger partial charge in [-0.2, -0.15) is 0 Å². The first-order chi connectivity index (χ1) is 8.04. The summed E-state index contributed by atoms with van der Waals surface area (Å²) in [5.41, 5.74) is 0.555. The van der Waals surface area contributed by atoms with E-state index in [0.717, 1.165) is 0 Å². The molecule has 2 nitrogen and oxygen atoms in total. The highest BCUT2D eigenvalue weighted by atomic mass is 35.5. The summed E-state index contributed by atoms with van der Waals surface area (Å²) in [7, 11) is 0. The Morgan fingerprint density at radius 3 is 2.71 bits per heavy atom. The molecule has 0 aliphatic heterocycles. The van der Waals surface area contributed by atoms with Crippen LogP contribution >= 0.6 is 11.6 Å². The number of benzene rings is 1. The van der Waals surface area contributed by atoms with Gasteiger partial charge in [0, 0.05) is 17.0 Å². The van der Waals surface area contributed by atoms with E-state index in [1.165, 1.54) is 18.2 Å². The van der Waals surface area contributed by atoms with Gasteiger partial charge in [-0.1, -0.05) is 23.7 Å². The fourth-order valence-corrected chi connectivity index (χ4v) is 1.66. The van der Waals surface area contributed by atoms with Gasteiger partial charge < -0.3 is 4.74 Å². The molecule has 5 heteroatoms. The summed E-state index contributed by atoms with van der Waals surface area (Å²) in [4.78, 5) is 11.1. The van der Waals surface area contributed by atoms with Crippen molar-refractivity contribution in [3.63, 3.8) is 0 Å². The lowest BCUT2D eigenvalue weighted by Crippen LogP contribution is -2.05. The molecule has 0 saturated carbocycles. The lowest BCUT2D eigenvalue weighted by Gasteiger charge is -2.06. The Bertz CT molecular complexity index is 394. The van der Waals surface area contributed by atoms with Crippen LogP contribution in [0, 0.1) is 0 Å². The fourth-order valence-electron chi connectivity index (χ4n) is 1.37. The van der Waals surface area contributed by atoms with Crippen molar-refractivity contribution in [2.45, 2.75) is 26.2 Å². The van der Waals surface area contributed by atoms with Gasteiger partial charge in [0.2, 0.25) is 0 Å². The molecule has 0 radical (unpaired) electrons. The summed E-state index contributed by atoms with van der Waals surface area (Å²) in [5, 5.41) is 0.257. The number of ether oxygens (including phenoxy) is 1. The molecule has 0 atom stereocenters. The molecular formula is C12H13ClF2O2. The van der Waals surface area contributed by atoms with Gasteiger partial charge in [0.05, 0.1) is 6.61 Å². The number of aryl methyl sites for hydroxylation is 1. The van der Waals surface area contributed by atoms with Crippen LogP contribution in [0.4, 0.5) is 8.78 Å². The summed E-state index contributed by atoms with van der Waals surface area (Å²) in [6.07, 6.45) is -1.95. The Morgan fingerprint density at radius 1 is 1.47 bits per heavy atom. The Labute approximate surface area is 104 Å². The van der Waals surface area contributed by atoms with Gasteiger partial charge in [0.15, 0.2) is 0 Å². The third kappa shape index (κ3) is 4.30. The number of rotatable bonds is 5. The van der Waals surface area contributed by atoms with Crippen LogP contribution in [0.1, 0.15) is 30.9 Å². The van der Waals surface area contributed by atoms with Crippen molar-refractivity contribution in [3.05, 3.63) is 34.3 Å². The van der Waals surface area contributed by atoms with Crippen molar-refractivity contribution in [1.82, 2.24) is 0 Å². The van der Waals surface area contributed by atoms with Crippen LogP contribution in [0.2, 0.25) is 5.02 Å². The minimum atomic E-state index is -2.54. The molecule has 17 heavy (non-hydrogen) atoms. The van der Waals surface area contributed by atoms with E-state index in [1.807, 2.05) is 0 Å². The average Bonchev–Trinajstić information content (AvgIpc) is 2.27. The molecule has 0 bridgehead atoms. The lowest BCUT2D eigenvalue weighted by molar-refractivity contribution is -0.143. The van der Waals surface area contributed by atoms with Gasteiger partial charge in [-0.05, 0) is 25.0 Å². The second-order valence-electron chi connectivity index (χ2n) is 3.46. The minimum absolute atomic E-state index is 0.116. The first-order valence-electron chi connectivity index (χ1n) is 5.26. The van der Waals surface area contributed by atoms with E-state index in [4.69, 9.17) is 16.3 Å². The Hall–Kier alpha value is -1.16. The number of alkyl halides is 2. The zero-order chi connectivity index (χ0) is 12.8. The van der Waals surface area contributed by atoms with Gasteiger partial charge in [0.25, 0.3) is 6.43 Å². The van der Waals surface area contributed by atoms with Crippen molar-refractivity contribution in [3.8, 4) is 0 Å². The summed E-state index contributed by atoms with van der Waals surface area (Å²) in [5.74, 6) is -0.318. The van der Waals surface area contributed by atoms with Crippen molar-refractivity contribution >= 4 is 17.6 Å². The molecule has 0 aliphatic rings. The summed E-state index contributed by atoms with van der Waals surface area (Å²) in [6.45, 7) is 2.05. The third-order valence-corrected chi connectivity index (χ3v) is 2.58. The maximum atomic E-state index is 12.4. The number of esters is 1. The number of hydrogen-bond acceptors (Lipinski definition) is 2. The van der Waals surface area contributed by atoms with Gasteiger partial charge in [0.1, 0.15) is 0 Å². The van der Waals surface area contributed by atoms with Crippen LogP contribution in [0.3, 0.4) is 0 Å². The molecule has 0 amide bonds. The maximum Gasteiger partial charge on any atom is 0.306 e. The largest absolute Gasteiger partial charge is 0.466 e. The molecule has 94 valence electrons. The van der Waals surface area contributed by atoms with Gasteiger partial charge in [-0.3, -0.25) is 4.79 Å². The number of carbonyl (C=O) groups is 1. The zero-order valence-corrected chi connectivity index (χ0v) is 10.1. The van der Waals surface area contributed by atoms with Crippen LogP contribution in [-0.4, -0.2) is 12.6 Å². The van der Waals surface area contributed by atoms with E-state index in [-0.39, 0.29) is 23.0 Å². The molecule has 1 aromatic rings. The summed E-state index contributed by atoms with van der Waals surface area (Å²) in [6, 6.07) is 4.06. The molecule has 0 spiro atoms. The highest BCUT2D eigenvalue weighted by Crippen LogP contribution is 2.25. The number of hydrogen-bond donors (Lipinski definition) is 0. The van der Waals surface area contributed by atoms with Crippen molar-refractivity contribution in [2.75, 3.05) is 6.61 Å². The molecule has 1 aromatic carbocycles. The molecule has 0 aliphatic carbocycles. The van der Waals surface area contributed by atoms with Crippen molar-refractivity contribution < 1.29 is 18.3 Å². The predicted octanol–water partition coefficient (Wildman–Crippen LogP) is 3.77. The maximum absolute atomic E-state index is 12.4. The Balaban J connectivity index is 2.63. The second kappa shape index (κ2) is 6.55. The zero-order valence-electron chi connectivity index (χ0n) is 9.38. The van der Waals surface area contributed by atoms with Gasteiger partial charge >= 0.3 is 5.97 Å². The summed E-state index contributed by atoms with van der Waals surface area (Å²) < 4.78 is 29.5. The van der Waals surface area contributed by atoms with Crippen LogP contribution < -0.4 is 0 Å². The SMILES string of the molecule is CCOC(=O)CCc1ccc(C(F)F)cc1Cl. The molecule has 0 fully saturated rings. The highest BCUT2D eigenvalue weighted by Gasteiger charge is 2.11. The topological polar surface area (TPSA) is 26.3 Å². The third-order valence-electron chi connectivity index (χ3n) is 2.23. The van der Waals surface area contributed by atoms with Crippen LogP contribution in [-0.2, 0) is 16.0 Å². The standard InChI is InChI=1S/C12H13ClF2O2/c1-2-17-11(16)6-5-8-3-4-9(12(14)15)7-10(8)13/h3-4,7,12H,2,5-6H2,1H3. The van der Waals surface area contributed by atoms with Crippen LogP contribution in [0.5, 0.6) is 0 Å². The second-order valence-corrected chi connectivity index (χ2v) is 3.86.